The van der Waals surface area contributed by atoms with E-state index in [-0.39, 0.29) is 18.5 Å². The molecule has 5 rings (SSSR count). The van der Waals surface area contributed by atoms with Gasteiger partial charge in [-0.25, -0.2) is 9.67 Å². The zero-order valence-corrected chi connectivity index (χ0v) is 15.9. The molecule has 0 aromatic carbocycles. The lowest BCUT2D eigenvalue weighted by Crippen LogP contribution is -2.45. The summed E-state index contributed by atoms with van der Waals surface area (Å²) < 4.78 is 3.64. The van der Waals surface area contributed by atoms with E-state index in [0.29, 0.717) is 30.2 Å². The zero-order valence-electron chi connectivity index (χ0n) is 15.9. The molecule has 5 heterocycles. The second kappa shape index (κ2) is 6.70. The summed E-state index contributed by atoms with van der Waals surface area (Å²) in [5, 5.41) is 22.3. The van der Waals surface area contributed by atoms with Crippen LogP contribution >= 0.6 is 0 Å². The number of rotatable bonds is 3. The van der Waals surface area contributed by atoms with Crippen molar-refractivity contribution in [1.82, 2.24) is 39.6 Å². The van der Waals surface area contributed by atoms with Gasteiger partial charge in [0.25, 0.3) is 0 Å². The first-order chi connectivity index (χ1) is 14.2. The average Bonchev–Trinajstić information content (AvgIpc) is 3.46. The van der Waals surface area contributed by atoms with Gasteiger partial charge in [-0.3, -0.25) is 4.79 Å². The summed E-state index contributed by atoms with van der Waals surface area (Å²) in [6.07, 6.45) is 7.90. The van der Waals surface area contributed by atoms with Gasteiger partial charge in [-0.05, 0) is 28.8 Å². The van der Waals surface area contributed by atoms with E-state index in [9.17, 15) is 10.1 Å². The van der Waals surface area contributed by atoms with Crippen LogP contribution in [0.25, 0.3) is 21.9 Å². The van der Waals surface area contributed by atoms with Crippen molar-refractivity contribution < 1.29 is 4.79 Å². The number of tetrazole rings is 1. The fourth-order valence-electron chi connectivity index (χ4n) is 4.22. The van der Waals surface area contributed by atoms with E-state index in [1.54, 1.807) is 6.20 Å². The minimum absolute atomic E-state index is 0.00293. The predicted octanol–water partition coefficient (Wildman–Crippen LogP) is 1.49. The maximum Gasteiger partial charge on any atom is 0.244 e. The summed E-state index contributed by atoms with van der Waals surface area (Å²) in [6.45, 7) is 3.65. The number of amides is 1. The number of H-pyrrole nitrogens is 1. The van der Waals surface area contributed by atoms with Crippen LogP contribution in [0.4, 0.5) is 0 Å². The molecule has 29 heavy (non-hydrogen) atoms. The van der Waals surface area contributed by atoms with E-state index >= 15 is 0 Å². The molecular weight excluding hydrogens is 370 g/mol. The summed E-state index contributed by atoms with van der Waals surface area (Å²) >= 11 is 0. The van der Waals surface area contributed by atoms with Crippen LogP contribution in [0.1, 0.15) is 24.9 Å². The summed E-state index contributed by atoms with van der Waals surface area (Å²) in [5.41, 5.74) is 2.26. The SMILES string of the molecule is C[C@@H]1CCN(C(=O)Cn2cnnn2)CC1n1ccc2cnc3[nH]cc(C#N)c3c21. The fraction of sp³-hybridized carbons (Fsp3) is 0.368. The van der Waals surface area contributed by atoms with Crippen molar-refractivity contribution in [2.45, 2.75) is 25.9 Å². The number of carbonyl (C=O) groups is 1. The molecule has 1 unspecified atom stereocenters. The van der Waals surface area contributed by atoms with Crippen LogP contribution in [0.2, 0.25) is 0 Å². The molecule has 1 aliphatic heterocycles. The molecule has 1 saturated heterocycles. The maximum atomic E-state index is 12.8. The van der Waals surface area contributed by atoms with Gasteiger partial charge in [-0.15, -0.1) is 5.10 Å². The van der Waals surface area contributed by atoms with Crippen LogP contribution < -0.4 is 0 Å². The standard InChI is InChI=1S/C19H19N9O/c1-12-2-4-26(16(29)10-27-11-23-24-25-27)9-15(12)28-5-3-13-7-21-19-17(18(13)28)14(6-20)8-22-19/h3,5,7-8,11-12,15H,2,4,9-10H2,1H3,(H,21,22)/t12-,15?/m1/s1. The number of aromatic nitrogens is 7. The molecule has 0 spiro atoms. The third-order valence-corrected chi connectivity index (χ3v) is 5.81. The van der Waals surface area contributed by atoms with E-state index in [1.165, 1.54) is 11.0 Å². The quantitative estimate of drug-likeness (QED) is 0.566. The van der Waals surface area contributed by atoms with Crippen molar-refractivity contribution in [1.29, 1.82) is 5.26 Å². The molecule has 146 valence electrons. The Hall–Kier alpha value is -3.74. The van der Waals surface area contributed by atoms with Crippen LogP contribution in [-0.2, 0) is 11.3 Å². The van der Waals surface area contributed by atoms with Crippen LogP contribution in [0.5, 0.6) is 0 Å². The number of piperidine rings is 1. The van der Waals surface area contributed by atoms with Gasteiger partial charge >= 0.3 is 0 Å². The van der Waals surface area contributed by atoms with Gasteiger partial charge in [0.1, 0.15) is 24.6 Å². The Morgan fingerprint density at radius 3 is 3.14 bits per heavy atom. The van der Waals surface area contributed by atoms with Gasteiger partial charge in [0, 0.05) is 37.1 Å². The molecule has 0 radical (unpaired) electrons. The first-order valence-corrected chi connectivity index (χ1v) is 9.51. The number of nitrogens with one attached hydrogen (secondary N) is 1. The highest BCUT2D eigenvalue weighted by molar-refractivity contribution is 6.05. The van der Waals surface area contributed by atoms with Gasteiger partial charge in [-0.2, -0.15) is 5.26 Å². The normalized spacial score (nSPS) is 19.7. The molecule has 10 heteroatoms. The zero-order chi connectivity index (χ0) is 20.0. The predicted molar refractivity (Wildman–Crippen MR) is 104 cm³/mol. The summed E-state index contributed by atoms with van der Waals surface area (Å²) in [6, 6.07) is 4.38. The summed E-state index contributed by atoms with van der Waals surface area (Å²) in [5.74, 6) is 0.382. The molecule has 1 amide bonds. The number of aromatic amines is 1. The molecule has 4 aromatic rings. The number of carbonyl (C=O) groups excluding carboxylic acids is 1. The van der Waals surface area contributed by atoms with Crippen LogP contribution in [0, 0.1) is 17.2 Å². The number of fused-ring (bicyclic) bond motifs is 3. The van der Waals surface area contributed by atoms with Crippen molar-refractivity contribution in [3.8, 4) is 6.07 Å². The summed E-state index contributed by atoms with van der Waals surface area (Å²) in [4.78, 5) is 22.2. The lowest BCUT2D eigenvalue weighted by atomic mass is 9.93. The van der Waals surface area contributed by atoms with Crippen LogP contribution in [0.3, 0.4) is 0 Å². The average molecular weight is 389 g/mol. The lowest BCUT2D eigenvalue weighted by Gasteiger charge is -2.38. The van der Waals surface area contributed by atoms with Gasteiger partial charge in [0.05, 0.1) is 22.5 Å². The van der Waals surface area contributed by atoms with E-state index in [1.807, 2.05) is 23.4 Å². The van der Waals surface area contributed by atoms with E-state index in [0.717, 1.165) is 22.7 Å². The molecule has 0 bridgehead atoms. The first kappa shape index (κ1) is 17.4. The fourth-order valence-corrected chi connectivity index (χ4v) is 4.22. The molecule has 1 fully saturated rings. The highest BCUT2D eigenvalue weighted by Gasteiger charge is 2.31. The van der Waals surface area contributed by atoms with E-state index < -0.39 is 0 Å². The van der Waals surface area contributed by atoms with Crippen LogP contribution in [0.15, 0.2) is 31.0 Å². The minimum Gasteiger partial charge on any atom is -0.345 e. The first-order valence-electron chi connectivity index (χ1n) is 9.51. The number of likely N-dealkylation sites (tertiary alicyclic amines) is 1. The maximum absolute atomic E-state index is 12.8. The Bertz CT molecular complexity index is 1230. The smallest absolute Gasteiger partial charge is 0.244 e. The van der Waals surface area contributed by atoms with Crippen molar-refractivity contribution in [3.63, 3.8) is 0 Å². The van der Waals surface area contributed by atoms with E-state index in [4.69, 9.17) is 0 Å². The Morgan fingerprint density at radius 2 is 2.34 bits per heavy atom. The third-order valence-electron chi connectivity index (χ3n) is 5.81. The summed E-state index contributed by atoms with van der Waals surface area (Å²) in [7, 11) is 0. The van der Waals surface area contributed by atoms with Gasteiger partial charge in [-0.1, -0.05) is 6.92 Å². The molecule has 10 nitrogen and oxygen atoms in total. The van der Waals surface area contributed by atoms with Crippen molar-refractivity contribution in [2.75, 3.05) is 13.1 Å². The Balaban J connectivity index is 1.52. The lowest BCUT2D eigenvalue weighted by molar-refractivity contribution is -0.134. The number of hydrogen-bond acceptors (Lipinski definition) is 6. The number of nitriles is 1. The van der Waals surface area contributed by atoms with Gasteiger partial charge in [0.2, 0.25) is 5.91 Å². The number of hydrogen-bond donors (Lipinski definition) is 1. The molecule has 0 aliphatic carbocycles. The topological polar surface area (TPSA) is 121 Å². The molecular formula is C19H19N9O. The van der Waals surface area contributed by atoms with Crippen molar-refractivity contribution >= 4 is 27.8 Å². The number of pyridine rings is 1. The molecule has 2 atom stereocenters. The molecule has 1 aliphatic rings. The number of nitrogens with zero attached hydrogens (tertiary/aromatic N) is 8. The van der Waals surface area contributed by atoms with Gasteiger partial charge < -0.3 is 14.5 Å². The highest BCUT2D eigenvalue weighted by Crippen LogP contribution is 2.34. The van der Waals surface area contributed by atoms with Crippen LogP contribution in [-0.4, -0.2) is 58.6 Å². The minimum atomic E-state index is -0.00293. The van der Waals surface area contributed by atoms with Gasteiger partial charge in [0.15, 0.2) is 0 Å². The highest BCUT2D eigenvalue weighted by atomic mass is 16.2. The second-order valence-corrected chi connectivity index (χ2v) is 7.50. The third kappa shape index (κ3) is 2.82. The monoisotopic (exact) mass is 389 g/mol. The molecule has 0 saturated carbocycles. The molecule has 1 N–H and O–H groups in total. The second-order valence-electron chi connectivity index (χ2n) is 7.50. The Labute approximate surface area is 165 Å². The Kier molecular flexibility index (Phi) is 4.01. The molecule has 4 aromatic heterocycles. The van der Waals surface area contributed by atoms with E-state index in [2.05, 4.69) is 43.1 Å². The largest absolute Gasteiger partial charge is 0.345 e. The van der Waals surface area contributed by atoms with Crippen molar-refractivity contribution in [3.05, 3.63) is 36.5 Å². The Morgan fingerprint density at radius 1 is 1.45 bits per heavy atom. The van der Waals surface area contributed by atoms with Crippen molar-refractivity contribution in [2.24, 2.45) is 5.92 Å².